The maximum Gasteiger partial charge on any atom is 0.229 e. The van der Waals surface area contributed by atoms with Crippen LogP contribution in [0.5, 0.6) is 0 Å². The summed E-state index contributed by atoms with van der Waals surface area (Å²) in [5, 5.41) is 7.68. The van der Waals surface area contributed by atoms with E-state index in [1.807, 2.05) is 0 Å². The van der Waals surface area contributed by atoms with Gasteiger partial charge >= 0.3 is 0 Å². The lowest BCUT2D eigenvalue weighted by Crippen LogP contribution is -2.44. The number of benzene rings is 1. The predicted octanol–water partition coefficient (Wildman–Crippen LogP) is 2.03. The van der Waals surface area contributed by atoms with Crippen LogP contribution in [0.3, 0.4) is 0 Å². The number of piperidine rings is 1. The quantitative estimate of drug-likeness (QED) is 0.918. The minimum atomic E-state index is 0.226. The molecule has 1 N–H and O–H groups in total. The van der Waals surface area contributed by atoms with Crippen LogP contribution in [0.1, 0.15) is 42.1 Å². The smallest absolute Gasteiger partial charge is 0.229 e. The molecular weight excluding hydrogens is 314 g/mol. The number of likely N-dealkylation sites (N-methyl/N-ethyl adjacent to an activating group) is 1. The highest BCUT2D eigenvalue weighted by molar-refractivity contribution is 5.14. The Bertz CT molecular complexity index is 665. The van der Waals surface area contributed by atoms with Gasteiger partial charge in [0.05, 0.1) is 6.04 Å². The van der Waals surface area contributed by atoms with Gasteiger partial charge in [0.1, 0.15) is 0 Å². The summed E-state index contributed by atoms with van der Waals surface area (Å²) in [4.78, 5) is 9.55. The highest BCUT2D eigenvalue weighted by atomic mass is 16.5. The molecule has 0 aliphatic carbocycles. The second kappa shape index (κ2) is 7.64. The van der Waals surface area contributed by atoms with E-state index in [1.54, 1.807) is 0 Å². The highest BCUT2D eigenvalue weighted by Crippen LogP contribution is 2.29. The van der Waals surface area contributed by atoms with E-state index in [9.17, 15) is 0 Å². The van der Waals surface area contributed by atoms with Gasteiger partial charge in [0, 0.05) is 32.1 Å². The van der Waals surface area contributed by atoms with Crippen molar-refractivity contribution in [2.75, 3.05) is 39.8 Å². The first-order chi connectivity index (χ1) is 12.3. The lowest BCUT2D eigenvalue weighted by molar-refractivity contribution is 0.184. The normalized spacial score (nSPS) is 23.8. The van der Waals surface area contributed by atoms with Gasteiger partial charge in [-0.05, 0) is 38.5 Å². The summed E-state index contributed by atoms with van der Waals surface area (Å²) < 4.78 is 5.63. The number of likely N-dealkylation sites (tertiary alicyclic amines) is 1. The standard InChI is InChI=1S/C19H27N5O/c1-23-12-9-20-13-17(23)18-21-19(25-22-18)16-7-10-24(11-8-16)14-15-5-3-2-4-6-15/h2-6,16-17,20H,7-14H2,1H3. The molecule has 1 aromatic heterocycles. The van der Waals surface area contributed by atoms with Crippen LogP contribution in [0.2, 0.25) is 0 Å². The molecule has 6 nitrogen and oxygen atoms in total. The molecule has 25 heavy (non-hydrogen) atoms. The Balaban J connectivity index is 1.33. The fraction of sp³-hybridized carbons (Fsp3) is 0.579. The second-order valence-corrected chi connectivity index (χ2v) is 7.23. The van der Waals surface area contributed by atoms with Gasteiger partial charge in [0.2, 0.25) is 5.89 Å². The first-order valence-electron chi connectivity index (χ1n) is 9.30. The molecule has 0 radical (unpaired) electrons. The third-order valence-electron chi connectivity index (χ3n) is 5.45. The molecule has 4 rings (SSSR count). The minimum absolute atomic E-state index is 0.226. The number of hydrogen-bond acceptors (Lipinski definition) is 6. The summed E-state index contributed by atoms with van der Waals surface area (Å²) in [6.45, 7) is 6.14. The fourth-order valence-corrected chi connectivity index (χ4v) is 3.82. The van der Waals surface area contributed by atoms with E-state index in [2.05, 4.69) is 57.7 Å². The van der Waals surface area contributed by atoms with E-state index >= 15 is 0 Å². The molecule has 0 amide bonds. The van der Waals surface area contributed by atoms with Crippen LogP contribution in [0.4, 0.5) is 0 Å². The molecule has 2 aliphatic heterocycles. The maximum absolute atomic E-state index is 5.63. The number of nitrogens with zero attached hydrogens (tertiary/aromatic N) is 4. The molecule has 2 fully saturated rings. The van der Waals surface area contributed by atoms with E-state index in [0.717, 1.165) is 63.8 Å². The van der Waals surface area contributed by atoms with Crippen molar-refractivity contribution in [3.63, 3.8) is 0 Å². The summed E-state index contributed by atoms with van der Waals surface area (Å²) in [7, 11) is 2.13. The number of rotatable bonds is 4. The van der Waals surface area contributed by atoms with E-state index in [0.29, 0.717) is 5.92 Å². The topological polar surface area (TPSA) is 57.4 Å². The third-order valence-corrected chi connectivity index (χ3v) is 5.45. The molecule has 2 saturated heterocycles. The van der Waals surface area contributed by atoms with Crippen molar-refractivity contribution in [2.24, 2.45) is 0 Å². The summed E-state index contributed by atoms with van der Waals surface area (Å²) in [6, 6.07) is 10.9. The van der Waals surface area contributed by atoms with Gasteiger partial charge in [-0.2, -0.15) is 4.98 Å². The summed E-state index contributed by atoms with van der Waals surface area (Å²) >= 11 is 0. The van der Waals surface area contributed by atoms with Crippen molar-refractivity contribution >= 4 is 0 Å². The molecule has 0 saturated carbocycles. The first kappa shape index (κ1) is 16.7. The second-order valence-electron chi connectivity index (χ2n) is 7.23. The van der Waals surface area contributed by atoms with E-state index in [-0.39, 0.29) is 6.04 Å². The number of hydrogen-bond donors (Lipinski definition) is 1. The summed E-state index contributed by atoms with van der Waals surface area (Å²) in [6.07, 6.45) is 2.18. The predicted molar refractivity (Wildman–Crippen MR) is 96.2 cm³/mol. The van der Waals surface area contributed by atoms with Crippen LogP contribution >= 0.6 is 0 Å². The average molecular weight is 341 g/mol. The van der Waals surface area contributed by atoms with Gasteiger partial charge in [-0.1, -0.05) is 35.5 Å². The molecular formula is C19H27N5O. The maximum atomic E-state index is 5.63. The number of piperazine rings is 1. The molecule has 2 aliphatic rings. The van der Waals surface area contributed by atoms with Gasteiger partial charge in [-0.15, -0.1) is 0 Å². The van der Waals surface area contributed by atoms with E-state index < -0.39 is 0 Å². The largest absolute Gasteiger partial charge is 0.339 e. The van der Waals surface area contributed by atoms with Gasteiger partial charge in [0.25, 0.3) is 0 Å². The van der Waals surface area contributed by atoms with Gasteiger partial charge < -0.3 is 9.84 Å². The fourth-order valence-electron chi connectivity index (χ4n) is 3.82. The zero-order chi connectivity index (χ0) is 17.1. The third kappa shape index (κ3) is 3.92. The molecule has 134 valence electrons. The van der Waals surface area contributed by atoms with Crippen LogP contribution in [0, 0.1) is 0 Å². The van der Waals surface area contributed by atoms with Crippen molar-refractivity contribution in [1.82, 2.24) is 25.3 Å². The summed E-state index contributed by atoms with van der Waals surface area (Å²) in [5.74, 6) is 2.06. The molecule has 1 aromatic carbocycles. The molecule has 6 heteroatoms. The molecule has 2 aromatic rings. The zero-order valence-corrected chi connectivity index (χ0v) is 14.9. The Labute approximate surface area is 149 Å². The van der Waals surface area contributed by atoms with Crippen LogP contribution < -0.4 is 5.32 Å². The Morgan fingerprint density at radius 2 is 1.96 bits per heavy atom. The molecule has 3 heterocycles. The van der Waals surface area contributed by atoms with Crippen LogP contribution in [0.25, 0.3) is 0 Å². The van der Waals surface area contributed by atoms with Crippen LogP contribution in [-0.4, -0.2) is 59.7 Å². The Morgan fingerprint density at radius 1 is 1.16 bits per heavy atom. The van der Waals surface area contributed by atoms with Crippen molar-refractivity contribution < 1.29 is 4.52 Å². The van der Waals surface area contributed by atoms with Crippen LogP contribution in [-0.2, 0) is 6.54 Å². The molecule has 0 bridgehead atoms. The van der Waals surface area contributed by atoms with Gasteiger partial charge in [-0.25, -0.2) is 0 Å². The van der Waals surface area contributed by atoms with Crippen molar-refractivity contribution in [1.29, 1.82) is 0 Å². The highest BCUT2D eigenvalue weighted by Gasteiger charge is 2.29. The van der Waals surface area contributed by atoms with E-state index in [4.69, 9.17) is 9.51 Å². The van der Waals surface area contributed by atoms with Crippen molar-refractivity contribution in [3.05, 3.63) is 47.6 Å². The first-order valence-corrected chi connectivity index (χ1v) is 9.30. The number of aromatic nitrogens is 2. The Kier molecular flexibility index (Phi) is 5.10. The lowest BCUT2D eigenvalue weighted by atomic mass is 9.96. The van der Waals surface area contributed by atoms with Gasteiger partial charge in [0.15, 0.2) is 5.82 Å². The van der Waals surface area contributed by atoms with Crippen molar-refractivity contribution in [3.8, 4) is 0 Å². The molecule has 1 atom stereocenters. The van der Waals surface area contributed by atoms with Crippen molar-refractivity contribution in [2.45, 2.75) is 31.3 Å². The Morgan fingerprint density at radius 3 is 2.72 bits per heavy atom. The number of nitrogens with one attached hydrogen (secondary N) is 1. The zero-order valence-electron chi connectivity index (χ0n) is 14.9. The summed E-state index contributed by atoms with van der Waals surface area (Å²) in [5.41, 5.74) is 1.38. The lowest BCUT2D eigenvalue weighted by Gasteiger charge is -2.31. The van der Waals surface area contributed by atoms with Gasteiger partial charge in [-0.3, -0.25) is 9.80 Å². The molecule has 1 unspecified atom stereocenters. The SMILES string of the molecule is CN1CCNCC1c1noc(C2CCN(Cc3ccccc3)CC2)n1. The van der Waals surface area contributed by atoms with Crippen LogP contribution in [0.15, 0.2) is 34.9 Å². The average Bonchev–Trinajstić information content (AvgIpc) is 3.13. The van der Waals surface area contributed by atoms with E-state index in [1.165, 1.54) is 5.56 Å². The minimum Gasteiger partial charge on any atom is -0.339 e. The monoisotopic (exact) mass is 341 g/mol. The Hall–Kier alpha value is -1.76. The molecule has 0 spiro atoms.